The highest BCUT2D eigenvalue weighted by atomic mass is 16.5. The number of nitrogens with zero attached hydrogens (tertiary/aromatic N) is 1. The zero-order valence-corrected chi connectivity index (χ0v) is 20.5. The number of ether oxygens (including phenoxy) is 1. The summed E-state index contributed by atoms with van der Waals surface area (Å²) >= 11 is 0. The summed E-state index contributed by atoms with van der Waals surface area (Å²) in [5.41, 5.74) is 2.02. The third-order valence-corrected chi connectivity index (χ3v) is 7.07. The van der Waals surface area contributed by atoms with Gasteiger partial charge in [0.2, 0.25) is 11.8 Å². The minimum absolute atomic E-state index is 0.122. The van der Waals surface area contributed by atoms with E-state index in [1.54, 1.807) is 0 Å². The Bertz CT molecular complexity index is 1020. The number of carbonyl (C=O) groups excluding carboxylic acids is 2. The van der Waals surface area contributed by atoms with E-state index in [0.29, 0.717) is 45.4 Å². The van der Waals surface area contributed by atoms with Crippen molar-refractivity contribution in [3.05, 3.63) is 65.7 Å². The molecular formula is C28H35N3O5. The van der Waals surface area contributed by atoms with E-state index in [2.05, 4.69) is 10.6 Å². The maximum absolute atomic E-state index is 13.0. The van der Waals surface area contributed by atoms with E-state index in [1.165, 1.54) is 4.90 Å². The van der Waals surface area contributed by atoms with Crippen molar-refractivity contribution in [3.8, 4) is 5.75 Å². The van der Waals surface area contributed by atoms with Gasteiger partial charge in [-0.25, -0.2) is 4.79 Å². The second kappa shape index (κ2) is 12.4. The topological polar surface area (TPSA) is 108 Å². The Hall–Kier alpha value is -3.55. The molecule has 3 N–H and O–H groups in total. The summed E-state index contributed by atoms with van der Waals surface area (Å²) in [6.45, 7) is 1.36. The van der Waals surface area contributed by atoms with Crippen molar-refractivity contribution in [1.29, 1.82) is 0 Å². The summed E-state index contributed by atoms with van der Waals surface area (Å²) in [6, 6.07) is 17.1. The molecule has 2 fully saturated rings. The lowest BCUT2D eigenvalue weighted by molar-refractivity contribution is -0.130. The third kappa shape index (κ3) is 7.47. The molecule has 0 radical (unpaired) electrons. The summed E-state index contributed by atoms with van der Waals surface area (Å²) in [6.07, 6.45) is 4.15. The summed E-state index contributed by atoms with van der Waals surface area (Å²) in [7, 11) is 0. The van der Waals surface area contributed by atoms with Gasteiger partial charge in [-0.1, -0.05) is 42.5 Å². The van der Waals surface area contributed by atoms with Crippen LogP contribution >= 0.6 is 0 Å². The molecule has 1 saturated heterocycles. The number of hydrogen-bond acceptors (Lipinski definition) is 4. The molecular weight excluding hydrogens is 458 g/mol. The van der Waals surface area contributed by atoms with Crippen LogP contribution in [0.15, 0.2) is 54.6 Å². The number of carboxylic acid groups (broad SMARTS) is 1. The standard InChI is InChI=1S/C28H35N3O5/c32-26(18-21-13-15-31(16-14-21)28(34)35)30-25(27(33)29-23-7-4-8-23)17-20-9-11-24(12-10-20)36-19-22-5-2-1-3-6-22/h1-3,5-6,9-12,21,23,25H,4,7-8,13-19H2,(H,29,33)(H,30,32)(H,34,35). The van der Waals surface area contributed by atoms with Crippen molar-refractivity contribution in [1.82, 2.24) is 15.5 Å². The highest BCUT2D eigenvalue weighted by molar-refractivity contribution is 5.88. The second-order valence-corrected chi connectivity index (χ2v) is 9.80. The van der Waals surface area contributed by atoms with Gasteiger partial charge in [-0.05, 0) is 61.3 Å². The van der Waals surface area contributed by atoms with Crippen molar-refractivity contribution in [2.75, 3.05) is 13.1 Å². The molecule has 3 amide bonds. The number of piperidine rings is 1. The average molecular weight is 494 g/mol. The Kier molecular flexibility index (Phi) is 8.81. The molecule has 8 heteroatoms. The van der Waals surface area contributed by atoms with Gasteiger partial charge in [0.1, 0.15) is 18.4 Å². The Labute approximate surface area is 212 Å². The molecule has 192 valence electrons. The number of nitrogens with one attached hydrogen (secondary N) is 2. The molecule has 1 unspecified atom stereocenters. The Morgan fingerprint density at radius 2 is 1.64 bits per heavy atom. The number of hydrogen-bond donors (Lipinski definition) is 3. The van der Waals surface area contributed by atoms with Gasteiger partial charge in [0.15, 0.2) is 0 Å². The minimum atomic E-state index is -0.915. The molecule has 1 aliphatic heterocycles. The molecule has 0 spiro atoms. The number of likely N-dealkylation sites (tertiary alicyclic amines) is 1. The lowest BCUT2D eigenvalue weighted by atomic mass is 9.92. The van der Waals surface area contributed by atoms with E-state index in [1.807, 2.05) is 54.6 Å². The van der Waals surface area contributed by atoms with Gasteiger partial charge >= 0.3 is 6.09 Å². The van der Waals surface area contributed by atoms with Crippen molar-refractivity contribution in [3.63, 3.8) is 0 Å². The van der Waals surface area contributed by atoms with Crippen molar-refractivity contribution < 1.29 is 24.2 Å². The van der Waals surface area contributed by atoms with Gasteiger partial charge in [-0.3, -0.25) is 9.59 Å². The fraction of sp³-hybridized carbons (Fsp3) is 0.464. The van der Waals surface area contributed by atoms with E-state index < -0.39 is 12.1 Å². The van der Waals surface area contributed by atoms with Gasteiger partial charge in [0.05, 0.1) is 0 Å². The van der Waals surface area contributed by atoms with Gasteiger partial charge < -0.3 is 25.4 Å². The summed E-state index contributed by atoms with van der Waals surface area (Å²) < 4.78 is 5.86. The van der Waals surface area contributed by atoms with E-state index in [-0.39, 0.29) is 23.8 Å². The van der Waals surface area contributed by atoms with E-state index >= 15 is 0 Å². The molecule has 8 nitrogen and oxygen atoms in total. The Morgan fingerprint density at radius 1 is 0.944 bits per heavy atom. The van der Waals surface area contributed by atoms with E-state index in [9.17, 15) is 14.4 Å². The molecule has 0 aromatic heterocycles. The van der Waals surface area contributed by atoms with Crippen LogP contribution in [-0.4, -0.2) is 53.1 Å². The van der Waals surface area contributed by atoms with Crippen LogP contribution in [0.3, 0.4) is 0 Å². The number of amides is 3. The molecule has 1 aliphatic carbocycles. The third-order valence-electron chi connectivity index (χ3n) is 7.07. The van der Waals surface area contributed by atoms with Crippen LogP contribution in [-0.2, 0) is 22.6 Å². The predicted octanol–water partition coefficient (Wildman–Crippen LogP) is 3.74. The fourth-order valence-corrected chi connectivity index (χ4v) is 4.61. The summed E-state index contributed by atoms with van der Waals surface area (Å²) in [5, 5.41) is 15.1. The first-order valence-corrected chi connectivity index (χ1v) is 12.8. The summed E-state index contributed by atoms with van der Waals surface area (Å²) in [5.74, 6) is 0.547. The van der Waals surface area contributed by atoms with E-state index in [0.717, 1.165) is 36.1 Å². The van der Waals surface area contributed by atoms with Crippen LogP contribution in [0.2, 0.25) is 0 Å². The molecule has 2 aromatic rings. The van der Waals surface area contributed by atoms with Crippen LogP contribution < -0.4 is 15.4 Å². The quantitative estimate of drug-likeness (QED) is 0.467. The highest BCUT2D eigenvalue weighted by Gasteiger charge is 2.28. The first kappa shape index (κ1) is 25.5. The average Bonchev–Trinajstić information content (AvgIpc) is 2.86. The van der Waals surface area contributed by atoms with Crippen LogP contribution in [0.1, 0.15) is 49.7 Å². The van der Waals surface area contributed by atoms with Gasteiger partial charge in [0, 0.05) is 32.0 Å². The molecule has 2 aliphatic rings. The van der Waals surface area contributed by atoms with Gasteiger partial charge in [-0.2, -0.15) is 0 Å². The largest absolute Gasteiger partial charge is 0.489 e. The van der Waals surface area contributed by atoms with Crippen LogP contribution in [0.4, 0.5) is 4.79 Å². The SMILES string of the molecule is O=C(CC1CCN(C(=O)O)CC1)NC(Cc1ccc(OCc2ccccc2)cc1)C(=O)NC1CCC1. The Balaban J connectivity index is 1.32. The normalized spacial score (nSPS) is 17.1. The number of rotatable bonds is 10. The number of carbonyl (C=O) groups is 3. The first-order valence-electron chi connectivity index (χ1n) is 12.8. The molecule has 4 rings (SSSR count). The fourth-order valence-electron chi connectivity index (χ4n) is 4.61. The zero-order chi connectivity index (χ0) is 25.3. The molecule has 1 saturated carbocycles. The zero-order valence-electron chi connectivity index (χ0n) is 20.5. The maximum Gasteiger partial charge on any atom is 0.407 e. The predicted molar refractivity (Wildman–Crippen MR) is 136 cm³/mol. The van der Waals surface area contributed by atoms with Crippen molar-refractivity contribution in [2.45, 2.75) is 63.6 Å². The van der Waals surface area contributed by atoms with Crippen LogP contribution in [0, 0.1) is 5.92 Å². The van der Waals surface area contributed by atoms with E-state index in [4.69, 9.17) is 9.84 Å². The van der Waals surface area contributed by atoms with Crippen molar-refractivity contribution >= 4 is 17.9 Å². The molecule has 1 atom stereocenters. The van der Waals surface area contributed by atoms with Crippen LogP contribution in [0.5, 0.6) is 5.75 Å². The lowest BCUT2D eigenvalue weighted by Gasteiger charge is -2.31. The van der Waals surface area contributed by atoms with Crippen LogP contribution in [0.25, 0.3) is 0 Å². The number of benzene rings is 2. The molecule has 1 heterocycles. The second-order valence-electron chi connectivity index (χ2n) is 9.80. The maximum atomic E-state index is 13.0. The monoisotopic (exact) mass is 493 g/mol. The van der Waals surface area contributed by atoms with Gasteiger partial charge in [-0.15, -0.1) is 0 Å². The lowest BCUT2D eigenvalue weighted by Crippen LogP contribution is -2.52. The molecule has 36 heavy (non-hydrogen) atoms. The minimum Gasteiger partial charge on any atom is -0.489 e. The smallest absolute Gasteiger partial charge is 0.407 e. The molecule has 0 bridgehead atoms. The highest BCUT2D eigenvalue weighted by Crippen LogP contribution is 2.22. The first-order chi connectivity index (χ1) is 17.5. The summed E-state index contributed by atoms with van der Waals surface area (Å²) in [4.78, 5) is 38.3. The van der Waals surface area contributed by atoms with Gasteiger partial charge in [0.25, 0.3) is 0 Å². The Morgan fingerprint density at radius 3 is 2.25 bits per heavy atom. The van der Waals surface area contributed by atoms with Crippen molar-refractivity contribution in [2.24, 2.45) is 5.92 Å². The molecule has 2 aromatic carbocycles.